The second-order valence-corrected chi connectivity index (χ2v) is 10.5. The molecule has 4 fully saturated rings. The molecular weight excluding hydrogens is 326 g/mol. The van der Waals surface area contributed by atoms with E-state index < -0.39 is 0 Å². The minimum absolute atomic E-state index is 0.0769. The van der Waals surface area contributed by atoms with Crippen molar-refractivity contribution in [3.63, 3.8) is 0 Å². The fourth-order valence-corrected chi connectivity index (χ4v) is 7.43. The zero-order chi connectivity index (χ0) is 15.5. The first-order chi connectivity index (χ1) is 9.60. The summed E-state index contributed by atoms with van der Waals surface area (Å²) in [5.74, 6) is 1.12. The fourth-order valence-electron chi connectivity index (χ4n) is 6.44. The Labute approximate surface area is 138 Å². The van der Waals surface area contributed by atoms with Crippen molar-refractivity contribution in [2.75, 3.05) is 5.33 Å². The number of rotatable bonds is 4. The molecule has 4 rings (SSSR count). The van der Waals surface area contributed by atoms with Crippen LogP contribution in [0, 0.1) is 22.2 Å². The van der Waals surface area contributed by atoms with Crippen molar-refractivity contribution in [2.45, 2.75) is 78.2 Å². The third-order valence-electron chi connectivity index (χ3n) is 6.28. The number of amides is 1. The monoisotopic (exact) mass is 355 g/mol. The van der Waals surface area contributed by atoms with E-state index in [1.54, 1.807) is 0 Å². The quantitative estimate of drug-likeness (QED) is 0.729. The molecule has 1 N–H and O–H groups in total. The summed E-state index contributed by atoms with van der Waals surface area (Å²) in [4.78, 5) is 13.1. The average molecular weight is 356 g/mol. The molecule has 0 aromatic carbocycles. The summed E-state index contributed by atoms with van der Waals surface area (Å²) in [6.45, 7) is 9.16. The molecule has 4 saturated carbocycles. The van der Waals surface area contributed by atoms with Crippen molar-refractivity contribution >= 4 is 21.8 Å². The van der Waals surface area contributed by atoms with Gasteiger partial charge in [0.05, 0.1) is 5.41 Å². The topological polar surface area (TPSA) is 29.1 Å². The van der Waals surface area contributed by atoms with Crippen LogP contribution in [0.15, 0.2) is 0 Å². The van der Waals surface area contributed by atoms with Gasteiger partial charge in [0.25, 0.3) is 0 Å². The van der Waals surface area contributed by atoms with Crippen LogP contribution in [0.25, 0.3) is 0 Å². The van der Waals surface area contributed by atoms with E-state index in [0.717, 1.165) is 36.9 Å². The molecule has 2 atom stereocenters. The van der Waals surface area contributed by atoms with Crippen LogP contribution in [0.5, 0.6) is 0 Å². The zero-order valence-corrected chi connectivity index (χ0v) is 15.6. The molecule has 0 spiro atoms. The van der Waals surface area contributed by atoms with Gasteiger partial charge in [0.15, 0.2) is 0 Å². The standard InChI is InChI=1S/C18H30BrNO/c1-15(2,5-6-19)20-14(21)18-9-13-7-16(3,11-18)10-17(4,8-13)12-18/h13H,5-12H2,1-4H3,(H,20,21). The maximum Gasteiger partial charge on any atom is 0.226 e. The average Bonchev–Trinajstić information content (AvgIpc) is 2.22. The molecule has 2 unspecified atom stereocenters. The van der Waals surface area contributed by atoms with Gasteiger partial charge in [0, 0.05) is 10.9 Å². The van der Waals surface area contributed by atoms with Crippen molar-refractivity contribution in [1.82, 2.24) is 5.32 Å². The van der Waals surface area contributed by atoms with E-state index in [2.05, 4.69) is 48.9 Å². The normalized spacial score (nSPS) is 44.9. The largest absolute Gasteiger partial charge is 0.351 e. The maximum absolute atomic E-state index is 13.1. The molecule has 1 amide bonds. The predicted molar refractivity (Wildman–Crippen MR) is 90.5 cm³/mol. The Morgan fingerprint density at radius 2 is 1.71 bits per heavy atom. The van der Waals surface area contributed by atoms with Gasteiger partial charge in [-0.05, 0) is 75.5 Å². The van der Waals surface area contributed by atoms with Crippen molar-refractivity contribution in [3.8, 4) is 0 Å². The van der Waals surface area contributed by atoms with Crippen LogP contribution in [-0.4, -0.2) is 16.8 Å². The highest BCUT2D eigenvalue weighted by Gasteiger charge is 2.62. The molecule has 0 aromatic heterocycles. The maximum atomic E-state index is 13.1. The number of hydrogen-bond donors (Lipinski definition) is 1. The third-order valence-corrected chi connectivity index (χ3v) is 6.68. The molecular formula is C18H30BrNO. The number of carbonyl (C=O) groups excluding carboxylic acids is 1. The molecule has 0 heterocycles. The Morgan fingerprint density at radius 3 is 2.19 bits per heavy atom. The van der Waals surface area contributed by atoms with E-state index in [1.165, 1.54) is 19.3 Å². The summed E-state index contributed by atoms with van der Waals surface area (Å²) in [7, 11) is 0. The number of alkyl halides is 1. The van der Waals surface area contributed by atoms with Crippen LogP contribution in [0.1, 0.15) is 72.6 Å². The second kappa shape index (κ2) is 4.72. The second-order valence-electron chi connectivity index (χ2n) is 9.69. The van der Waals surface area contributed by atoms with E-state index in [1.807, 2.05) is 0 Å². The molecule has 2 nitrogen and oxygen atoms in total. The first kappa shape index (κ1) is 15.8. The Balaban J connectivity index is 1.83. The molecule has 0 aliphatic heterocycles. The number of halogens is 1. The lowest BCUT2D eigenvalue weighted by atomic mass is 9.40. The molecule has 4 aliphatic carbocycles. The molecule has 3 heteroatoms. The summed E-state index contributed by atoms with van der Waals surface area (Å²) in [5, 5.41) is 4.32. The SMILES string of the molecule is CC12CC3CC(C)(C1)CC(C(=O)NC(C)(C)CCBr)(C3)C2. The Morgan fingerprint density at radius 1 is 1.14 bits per heavy atom. The molecule has 4 bridgehead atoms. The number of carbonyl (C=O) groups is 1. The van der Waals surface area contributed by atoms with Crippen molar-refractivity contribution < 1.29 is 4.79 Å². The van der Waals surface area contributed by atoms with Crippen molar-refractivity contribution in [3.05, 3.63) is 0 Å². The molecule has 120 valence electrons. The zero-order valence-electron chi connectivity index (χ0n) is 14.0. The minimum Gasteiger partial charge on any atom is -0.351 e. The first-order valence-corrected chi connectivity index (χ1v) is 9.60. The van der Waals surface area contributed by atoms with E-state index in [-0.39, 0.29) is 11.0 Å². The highest BCUT2D eigenvalue weighted by Crippen LogP contribution is 2.69. The smallest absolute Gasteiger partial charge is 0.226 e. The van der Waals surface area contributed by atoms with Gasteiger partial charge in [0.1, 0.15) is 0 Å². The number of nitrogens with one attached hydrogen (secondary N) is 1. The minimum atomic E-state index is -0.105. The van der Waals surface area contributed by atoms with Gasteiger partial charge >= 0.3 is 0 Å². The van der Waals surface area contributed by atoms with Gasteiger partial charge in [-0.15, -0.1) is 0 Å². The number of hydrogen-bond acceptors (Lipinski definition) is 1. The lowest BCUT2D eigenvalue weighted by molar-refractivity contribution is -0.171. The van der Waals surface area contributed by atoms with Gasteiger partial charge in [-0.25, -0.2) is 0 Å². The van der Waals surface area contributed by atoms with Gasteiger partial charge in [-0.3, -0.25) is 4.79 Å². The Hall–Kier alpha value is -0.0500. The molecule has 0 aromatic rings. The lowest BCUT2D eigenvalue weighted by Gasteiger charge is -2.64. The van der Waals surface area contributed by atoms with Crippen molar-refractivity contribution in [2.24, 2.45) is 22.2 Å². The fraction of sp³-hybridized carbons (Fsp3) is 0.944. The Bertz CT molecular complexity index is 440. The summed E-state index contributed by atoms with van der Waals surface area (Å²) in [6.07, 6.45) is 8.37. The van der Waals surface area contributed by atoms with Crippen LogP contribution >= 0.6 is 15.9 Å². The highest BCUT2D eigenvalue weighted by molar-refractivity contribution is 9.09. The molecule has 0 saturated heterocycles. The molecule has 21 heavy (non-hydrogen) atoms. The highest BCUT2D eigenvalue weighted by atomic mass is 79.9. The third kappa shape index (κ3) is 2.80. The van der Waals surface area contributed by atoms with Gasteiger partial charge in [0.2, 0.25) is 5.91 Å². The summed E-state index contributed by atoms with van der Waals surface area (Å²) >= 11 is 3.50. The van der Waals surface area contributed by atoms with Gasteiger partial charge in [-0.2, -0.15) is 0 Å². The van der Waals surface area contributed by atoms with Crippen LogP contribution < -0.4 is 5.32 Å². The van der Waals surface area contributed by atoms with Gasteiger partial charge in [-0.1, -0.05) is 29.8 Å². The van der Waals surface area contributed by atoms with Gasteiger partial charge < -0.3 is 5.32 Å². The predicted octanol–water partition coefficient (Wildman–Crippen LogP) is 4.66. The van der Waals surface area contributed by atoms with E-state index in [9.17, 15) is 4.79 Å². The molecule has 4 aliphatic rings. The van der Waals surface area contributed by atoms with Crippen molar-refractivity contribution in [1.29, 1.82) is 0 Å². The Kier molecular flexibility index (Phi) is 3.56. The van der Waals surface area contributed by atoms with E-state index in [0.29, 0.717) is 16.7 Å². The summed E-state index contributed by atoms with van der Waals surface area (Å²) < 4.78 is 0. The van der Waals surface area contributed by atoms with E-state index in [4.69, 9.17) is 0 Å². The molecule has 0 radical (unpaired) electrons. The lowest BCUT2D eigenvalue weighted by Crippen LogP contribution is -2.62. The van der Waals surface area contributed by atoms with Crippen LogP contribution in [0.2, 0.25) is 0 Å². The first-order valence-electron chi connectivity index (χ1n) is 8.48. The van der Waals surface area contributed by atoms with Crippen LogP contribution in [0.4, 0.5) is 0 Å². The summed E-state index contributed by atoms with van der Waals surface area (Å²) in [5.41, 5.74) is 0.633. The van der Waals surface area contributed by atoms with Crippen LogP contribution in [-0.2, 0) is 4.79 Å². The van der Waals surface area contributed by atoms with Crippen LogP contribution in [0.3, 0.4) is 0 Å². The van der Waals surface area contributed by atoms with E-state index >= 15 is 0 Å². The summed E-state index contributed by atoms with van der Waals surface area (Å²) in [6, 6.07) is 0.